The first-order chi connectivity index (χ1) is 6.14. The summed E-state index contributed by atoms with van der Waals surface area (Å²) in [6, 6.07) is 3.91. The van der Waals surface area contributed by atoms with Gasteiger partial charge in [-0.1, -0.05) is 6.07 Å². The van der Waals surface area contributed by atoms with Crippen LogP contribution in [0.3, 0.4) is 0 Å². The minimum Gasteiger partial charge on any atom is -1.00 e. The van der Waals surface area contributed by atoms with E-state index < -0.39 is 0 Å². The van der Waals surface area contributed by atoms with Gasteiger partial charge >= 0.3 is 0 Å². The maximum Gasteiger partial charge on any atom is 0.0607 e. The summed E-state index contributed by atoms with van der Waals surface area (Å²) in [5.41, 5.74) is 0.902. The number of aromatic nitrogens is 1. The molecule has 0 aromatic carbocycles. The summed E-state index contributed by atoms with van der Waals surface area (Å²) in [4.78, 5) is 4.01. The van der Waals surface area contributed by atoms with Crippen LogP contribution in [0, 0.1) is 0 Å². The number of aliphatic hydroxyl groups excluding tert-OH is 1. The number of hydrogen-bond donors (Lipinski definition) is 2. The van der Waals surface area contributed by atoms with Gasteiger partial charge in [-0.05, 0) is 25.5 Å². The number of hydrogen-bond acceptors (Lipinski definition) is 3. The SMILES string of the molecule is CC(C)(CO)NCc1cccnc1.[Cl-]. The number of pyridine rings is 1. The van der Waals surface area contributed by atoms with Gasteiger partial charge in [-0.2, -0.15) is 0 Å². The molecule has 0 unspecified atom stereocenters. The van der Waals surface area contributed by atoms with Gasteiger partial charge in [0.1, 0.15) is 0 Å². The molecule has 0 aliphatic heterocycles. The highest BCUT2D eigenvalue weighted by molar-refractivity contribution is 5.08. The summed E-state index contributed by atoms with van der Waals surface area (Å²) < 4.78 is 0. The maximum atomic E-state index is 8.99. The van der Waals surface area contributed by atoms with Gasteiger partial charge in [0, 0.05) is 24.5 Å². The van der Waals surface area contributed by atoms with Gasteiger partial charge in [-0.25, -0.2) is 0 Å². The molecule has 0 fully saturated rings. The van der Waals surface area contributed by atoms with E-state index >= 15 is 0 Å². The molecule has 0 aliphatic rings. The van der Waals surface area contributed by atoms with Crippen molar-refractivity contribution < 1.29 is 17.5 Å². The van der Waals surface area contributed by atoms with Gasteiger partial charge in [0.15, 0.2) is 0 Å². The molecule has 0 amide bonds. The highest BCUT2D eigenvalue weighted by Gasteiger charge is 2.14. The zero-order valence-electron chi connectivity index (χ0n) is 8.50. The highest BCUT2D eigenvalue weighted by atomic mass is 35.5. The second-order valence-electron chi connectivity index (χ2n) is 3.76. The summed E-state index contributed by atoms with van der Waals surface area (Å²) in [7, 11) is 0. The van der Waals surface area contributed by atoms with E-state index in [1.165, 1.54) is 0 Å². The van der Waals surface area contributed by atoms with Crippen LogP contribution >= 0.6 is 0 Å². The molecule has 1 aromatic rings. The van der Waals surface area contributed by atoms with Gasteiger partial charge in [-0.15, -0.1) is 0 Å². The monoisotopic (exact) mass is 215 g/mol. The predicted molar refractivity (Wildman–Crippen MR) is 52.2 cm³/mol. The van der Waals surface area contributed by atoms with Crippen molar-refractivity contribution in [3.8, 4) is 0 Å². The lowest BCUT2D eigenvalue weighted by molar-refractivity contribution is -0.00000383. The number of rotatable bonds is 4. The van der Waals surface area contributed by atoms with Crippen LogP contribution in [0.25, 0.3) is 0 Å². The van der Waals surface area contributed by atoms with Crippen molar-refractivity contribution in [3.05, 3.63) is 30.1 Å². The van der Waals surface area contributed by atoms with Crippen LogP contribution < -0.4 is 17.7 Å². The van der Waals surface area contributed by atoms with E-state index in [0.717, 1.165) is 12.1 Å². The van der Waals surface area contributed by atoms with Crippen molar-refractivity contribution in [3.63, 3.8) is 0 Å². The molecule has 0 radical (unpaired) electrons. The molecule has 2 N–H and O–H groups in total. The van der Waals surface area contributed by atoms with Crippen LogP contribution in [0.1, 0.15) is 19.4 Å². The van der Waals surface area contributed by atoms with Crippen LogP contribution in [-0.2, 0) is 6.54 Å². The average molecular weight is 216 g/mol. The molecule has 0 aliphatic carbocycles. The Bertz CT molecular complexity index is 252. The molecule has 80 valence electrons. The summed E-state index contributed by atoms with van der Waals surface area (Å²) in [6.07, 6.45) is 3.57. The molecule has 0 bridgehead atoms. The molecule has 1 heterocycles. The van der Waals surface area contributed by atoms with Crippen molar-refractivity contribution >= 4 is 0 Å². The number of nitrogens with one attached hydrogen (secondary N) is 1. The lowest BCUT2D eigenvalue weighted by atomic mass is 10.1. The van der Waals surface area contributed by atoms with E-state index in [1.54, 1.807) is 6.20 Å². The predicted octanol–water partition coefficient (Wildman–Crippen LogP) is -2.05. The van der Waals surface area contributed by atoms with Gasteiger partial charge in [0.05, 0.1) is 6.61 Å². The van der Waals surface area contributed by atoms with E-state index in [-0.39, 0.29) is 24.6 Å². The normalized spacial score (nSPS) is 10.8. The Morgan fingerprint density at radius 1 is 1.50 bits per heavy atom. The zero-order valence-corrected chi connectivity index (χ0v) is 9.25. The lowest BCUT2D eigenvalue weighted by Crippen LogP contribution is -3.00. The fourth-order valence-electron chi connectivity index (χ4n) is 0.900. The third-order valence-electron chi connectivity index (χ3n) is 1.89. The molecule has 0 spiro atoms. The Balaban J connectivity index is 0.00000169. The Morgan fingerprint density at radius 3 is 2.71 bits per heavy atom. The number of halogens is 1. The van der Waals surface area contributed by atoms with Crippen molar-refractivity contribution in [2.45, 2.75) is 25.9 Å². The first-order valence-electron chi connectivity index (χ1n) is 4.39. The summed E-state index contributed by atoms with van der Waals surface area (Å²) in [6.45, 7) is 4.79. The molecule has 14 heavy (non-hydrogen) atoms. The van der Waals surface area contributed by atoms with Gasteiger partial charge in [0.2, 0.25) is 0 Å². The van der Waals surface area contributed by atoms with Crippen molar-refractivity contribution in [2.24, 2.45) is 0 Å². The van der Waals surface area contributed by atoms with Gasteiger partial charge in [0.25, 0.3) is 0 Å². The van der Waals surface area contributed by atoms with Crippen molar-refractivity contribution in [1.82, 2.24) is 10.3 Å². The third kappa shape index (κ3) is 4.56. The molecule has 0 saturated heterocycles. The van der Waals surface area contributed by atoms with E-state index in [1.807, 2.05) is 32.2 Å². The van der Waals surface area contributed by atoms with Crippen LogP contribution in [0.2, 0.25) is 0 Å². The van der Waals surface area contributed by atoms with Crippen molar-refractivity contribution in [2.75, 3.05) is 6.61 Å². The van der Waals surface area contributed by atoms with E-state index in [2.05, 4.69) is 10.3 Å². The third-order valence-corrected chi connectivity index (χ3v) is 1.89. The Morgan fingerprint density at radius 2 is 2.21 bits per heavy atom. The second kappa shape index (κ2) is 5.96. The van der Waals surface area contributed by atoms with Crippen molar-refractivity contribution in [1.29, 1.82) is 0 Å². The summed E-state index contributed by atoms with van der Waals surface area (Å²) in [5, 5.41) is 12.2. The van der Waals surface area contributed by atoms with Crippen LogP contribution in [0.4, 0.5) is 0 Å². The Hall–Kier alpha value is -0.640. The molecule has 1 aromatic heterocycles. The summed E-state index contributed by atoms with van der Waals surface area (Å²) >= 11 is 0. The van der Waals surface area contributed by atoms with Crippen LogP contribution in [0.15, 0.2) is 24.5 Å². The molecule has 0 atom stereocenters. The van der Waals surface area contributed by atoms with E-state index in [4.69, 9.17) is 5.11 Å². The fraction of sp³-hybridized carbons (Fsp3) is 0.500. The molecular weight excluding hydrogens is 200 g/mol. The average Bonchev–Trinajstić information content (AvgIpc) is 2.17. The summed E-state index contributed by atoms with van der Waals surface area (Å²) in [5.74, 6) is 0. The number of aliphatic hydroxyl groups is 1. The highest BCUT2D eigenvalue weighted by Crippen LogP contribution is 2.02. The lowest BCUT2D eigenvalue weighted by Gasteiger charge is -2.23. The maximum absolute atomic E-state index is 8.99. The van der Waals surface area contributed by atoms with Crippen LogP contribution in [0.5, 0.6) is 0 Å². The van der Waals surface area contributed by atoms with E-state index in [9.17, 15) is 0 Å². The fourth-order valence-corrected chi connectivity index (χ4v) is 0.900. The molecular formula is C10H16ClN2O-. The standard InChI is InChI=1S/C10H16N2O.ClH/c1-10(2,8-13)12-7-9-4-3-5-11-6-9;/h3-6,12-13H,7-8H2,1-2H3;1H/p-1. The Kier molecular flexibility index (Phi) is 5.69. The second-order valence-corrected chi connectivity index (χ2v) is 3.76. The molecule has 4 heteroatoms. The van der Waals surface area contributed by atoms with E-state index in [0.29, 0.717) is 0 Å². The first-order valence-corrected chi connectivity index (χ1v) is 4.39. The number of nitrogens with zero attached hydrogens (tertiary/aromatic N) is 1. The smallest absolute Gasteiger partial charge is 0.0607 e. The first kappa shape index (κ1) is 13.4. The van der Waals surface area contributed by atoms with Crippen LogP contribution in [-0.4, -0.2) is 22.2 Å². The topological polar surface area (TPSA) is 45.1 Å². The largest absolute Gasteiger partial charge is 1.00 e. The van der Waals surface area contributed by atoms with Gasteiger partial charge < -0.3 is 22.8 Å². The minimum absolute atomic E-state index is 0. The quantitative estimate of drug-likeness (QED) is 0.608. The molecule has 0 saturated carbocycles. The molecule has 3 nitrogen and oxygen atoms in total. The minimum atomic E-state index is -0.226. The zero-order chi connectivity index (χ0) is 9.73. The Labute approximate surface area is 91.0 Å². The van der Waals surface area contributed by atoms with Gasteiger partial charge in [-0.3, -0.25) is 4.98 Å². The molecule has 1 rings (SSSR count).